The largest absolute Gasteiger partial charge is 0.390 e. The van der Waals surface area contributed by atoms with Crippen LogP contribution in [-0.4, -0.2) is 36.6 Å². The Balaban J connectivity index is 2.26. The zero-order valence-electron chi connectivity index (χ0n) is 7.68. The van der Waals surface area contributed by atoms with Crippen molar-refractivity contribution in [3.8, 4) is 0 Å². The molecule has 0 bridgehead atoms. The van der Waals surface area contributed by atoms with Crippen molar-refractivity contribution in [2.45, 2.75) is 19.0 Å². The summed E-state index contributed by atoms with van der Waals surface area (Å²) in [6, 6.07) is 0. The van der Waals surface area contributed by atoms with Crippen molar-refractivity contribution >= 4 is 5.91 Å². The normalized spacial score (nSPS) is 24.1. The Morgan fingerprint density at radius 2 is 2.14 bits per heavy atom. The summed E-state index contributed by atoms with van der Waals surface area (Å²) in [6.07, 6.45) is -4.36. The van der Waals surface area contributed by atoms with Gasteiger partial charge in [0.2, 0.25) is 5.91 Å². The SMILES string of the molecule is NC(=O)[C@@H]1CCN(CCC(F)(F)F)C1. The third kappa shape index (κ3) is 3.53. The molecule has 1 amide bonds. The molecule has 0 aromatic heterocycles. The Labute approximate surface area is 80.0 Å². The Bertz CT molecular complexity index is 217. The minimum Gasteiger partial charge on any atom is -0.369 e. The summed E-state index contributed by atoms with van der Waals surface area (Å²) < 4.78 is 35.5. The summed E-state index contributed by atoms with van der Waals surface area (Å²) in [5.41, 5.74) is 5.05. The molecular formula is C8H13F3N2O. The molecule has 0 unspecified atom stereocenters. The lowest BCUT2D eigenvalue weighted by Gasteiger charge is -2.16. The van der Waals surface area contributed by atoms with Gasteiger partial charge in [0.1, 0.15) is 0 Å². The second kappa shape index (κ2) is 4.16. The molecule has 1 heterocycles. The Morgan fingerprint density at radius 3 is 2.57 bits per heavy atom. The van der Waals surface area contributed by atoms with E-state index in [0.29, 0.717) is 19.5 Å². The van der Waals surface area contributed by atoms with E-state index in [2.05, 4.69) is 0 Å². The number of carbonyl (C=O) groups is 1. The van der Waals surface area contributed by atoms with Crippen LogP contribution < -0.4 is 5.73 Å². The Hall–Kier alpha value is -0.780. The summed E-state index contributed by atoms with van der Waals surface area (Å²) in [5, 5.41) is 0. The highest BCUT2D eigenvalue weighted by Gasteiger charge is 2.31. The van der Waals surface area contributed by atoms with Gasteiger partial charge in [0, 0.05) is 13.1 Å². The van der Waals surface area contributed by atoms with E-state index in [1.807, 2.05) is 0 Å². The molecular weight excluding hydrogens is 197 g/mol. The van der Waals surface area contributed by atoms with Crippen molar-refractivity contribution in [1.82, 2.24) is 4.90 Å². The third-order valence-corrected chi connectivity index (χ3v) is 2.39. The van der Waals surface area contributed by atoms with Crippen LogP contribution in [0.15, 0.2) is 0 Å². The van der Waals surface area contributed by atoms with Gasteiger partial charge in [-0.05, 0) is 13.0 Å². The number of primary amides is 1. The highest BCUT2D eigenvalue weighted by Crippen LogP contribution is 2.22. The average Bonchev–Trinajstić information content (AvgIpc) is 2.47. The van der Waals surface area contributed by atoms with Crippen molar-refractivity contribution in [2.24, 2.45) is 11.7 Å². The number of carbonyl (C=O) groups excluding carboxylic acids is 1. The number of likely N-dealkylation sites (tertiary alicyclic amines) is 1. The molecule has 6 heteroatoms. The van der Waals surface area contributed by atoms with Crippen LogP contribution in [0, 0.1) is 5.92 Å². The Morgan fingerprint density at radius 1 is 1.50 bits per heavy atom. The molecule has 0 aromatic carbocycles. The average molecular weight is 210 g/mol. The molecule has 0 aromatic rings. The number of nitrogens with zero attached hydrogens (tertiary/aromatic N) is 1. The lowest BCUT2D eigenvalue weighted by Crippen LogP contribution is -2.29. The number of hydrogen-bond donors (Lipinski definition) is 1. The second-order valence-electron chi connectivity index (χ2n) is 3.55. The molecule has 0 radical (unpaired) electrons. The third-order valence-electron chi connectivity index (χ3n) is 2.39. The molecule has 0 spiro atoms. The zero-order chi connectivity index (χ0) is 10.8. The van der Waals surface area contributed by atoms with Gasteiger partial charge in [-0.1, -0.05) is 0 Å². The molecule has 0 saturated carbocycles. The van der Waals surface area contributed by atoms with Crippen LogP contribution in [0.1, 0.15) is 12.8 Å². The quantitative estimate of drug-likeness (QED) is 0.747. The maximum atomic E-state index is 11.8. The standard InChI is InChI=1S/C8H13F3N2O/c9-8(10,11)2-4-13-3-1-6(5-13)7(12)14/h6H,1-5H2,(H2,12,14)/t6-/m1/s1. The van der Waals surface area contributed by atoms with Crippen LogP contribution in [-0.2, 0) is 4.79 Å². The molecule has 1 atom stereocenters. The van der Waals surface area contributed by atoms with E-state index < -0.39 is 18.5 Å². The summed E-state index contributed by atoms with van der Waals surface area (Å²) in [5.74, 6) is -0.692. The molecule has 1 fully saturated rings. The van der Waals surface area contributed by atoms with Crippen molar-refractivity contribution in [1.29, 1.82) is 0 Å². The number of alkyl halides is 3. The van der Waals surface area contributed by atoms with Gasteiger partial charge in [-0.2, -0.15) is 13.2 Å². The maximum absolute atomic E-state index is 11.8. The zero-order valence-corrected chi connectivity index (χ0v) is 7.68. The monoisotopic (exact) mass is 210 g/mol. The van der Waals surface area contributed by atoms with E-state index in [0.717, 1.165) is 0 Å². The molecule has 1 aliphatic rings. The van der Waals surface area contributed by atoms with Crippen LogP contribution in [0.25, 0.3) is 0 Å². The van der Waals surface area contributed by atoms with E-state index in [-0.39, 0.29) is 12.5 Å². The van der Waals surface area contributed by atoms with Gasteiger partial charge in [0.25, 0.3) is 0 Å². The minimum atomic E-state index is -4.12. The maximum Gasteiger partial charge on any atom is 0.390 e. The predicted octanol–water partition coefficient (Wildman–Crippen LogP) is 0.746. The van der Waals surface area contributed by atoms with Gasteiger partial charge in [-0.15, -0.1) is 0 Å². The van der Waals surface area contributed by atoms with E-state index in [1.54, 1.807) is 4.90 Å². The van der Waals surface area contributed by atoms with E-state index >= 15 is 0 Å². The Kier molecular flexibility index (Phi) is 3.36. The van der Waals surface area contributed by atoms with Crippen LogP contribution in [0.2, 0.25) is 0 Å². The van der Waals surface area contributed by atoms with Crippen molar-refractivity contribution in [3.05, 3.63) is 0 Å². The van der Waals surface area contributed by atoms with Gasteiger partial charge in [0.05, 0.1) is 12.3 Å². The fourth-order valence-electron chi connectivity index (χ4n) is 1.55. The first-order chi connectivity index (χ1) is 6.38. The summed E-state index contributed by atoms with van der Waals surface area (Å²) in [7, 11) is 0. The molecule has 2 N–H and O–H groups in total. The first-order valence-electron chi connectivity index (χ1n) is 4.47. The van der Waals surface area contributed by atoms with Crippen molar-refractivity contribution < 1.29 is 18.0 Å². The van der Waals surface area contributed by atoms with Gasteiger partial charge in [-0.25, -0.2) is 0 Å². The topological polar surface area (TPSA) is 46.3 Å². The first kappa shape index (κ1) is 11.3. The predicted molar refractivity (Wildman–Crippen MR) is 44.4 cm³/mol. The fourth-order valence-corrected chi connectivity index (χ4v) is 1.55. The van der Waals surface area contributed by atoms with Crippen molar-refractivity contribution in [3.63, 3.8) is 0 Å². The summed E-state index contributed by atoms with van der Waals surface area (Å²) in [6.45, 7) is 0.863. The van der Waals surface area contributed by atoms with Crippen LogP contribution in [0.5, 0.6) is 0 Å². The van der Waals surface area contributed by atoms with Crippen LogP contribution >= 0.6 is 0 Å². The molecule has 1 rings (SSSR count). The lowest BCUT2D eigenvalue weighted by atomic mass is 10.1. The van der Waals surface area contributed by atoms with Crippen LogP contribution in [0.4, 0.5) is 13.2 Å². The van der Waals surface area contributed by atoms with Gasteiger partial charge < -0.3 is 10.6 Å². The van der Waals surface area contributed by atoms with E-state index in [1.165, 1.54) is 0 Å². The van der Waals surface area contributed by atoms with Crippen molar-refractivity contribution in [2.75, 3.05) is 19.6 Å². The number of rotatable bonds is 3. The highest BCUT2D eigenvalue weighted by molar-refractivity contribution is 5.77. The smallest absolute Gasteiger partial charge is 0.369 e. The molecule has 0 aliphatic carbocycles. The van der Waals surface area contributed by atoms with Gasteiger partial charge in [-0.3, -0.25) is 4.79 Å². The number of hydrogen-bond acceptors (Lipinski definition) is 2. The van der Waals surface area contributed by atoms with E-state index in [9.17, 15) is 18.0 Å². The minimum absolute atomic E-state index is 0.0344. The van der Waals surface area contributed by atoms with E-state index in [4.69, 9.17) is 5.73 Å². The van der Waals surface area contributed by atoms with Crippen LogP contribution in [0.3, 0.4) is 0 Å². The molecule has 82 valence electrons. The number of nitrogens with two attached hydrogens (primary N) is 1. The second-order valence-corrected chi connectivity index (χ2v) is 3.55. The number of halogens is 3. The molecule has 1 saturated heterocycles. The summed E-state index contributed by atoms with van der Waals surface area (Å²) >= 11 is 0. The molecule has 1 aliphatic heterocycles. The summed E-state index contributed by atoms with van der Waals surface area (Å²) in [4.78, 5) is 12.3. The highest BCUT2D eigenvalue weighted by atomic mass is 19.4. The lowest BCUT2D eigenvalue weighted by molar-refractivity contribution is -0.137. The molecule has 3 nitrogen and oxygen atoms in total. The first-order valence-corrected chi connectivity index (χ1v) is 4.47. The number of amides is 1. The van der Waals surface area contributed by atoms with Gasteiger partial charge >= 0.3 is 6.18 Å². The fraction of sp³-hybridized carbons (Fsp3) is 0.875. The van der Waals surface area contributed by atoms with Gasteiger partial charge in [0.15, 0.2) is 0 Å². The molecule has 14 heavy (non-hydrogen) atoms.